The molecule has 0 aromatic heterocycles. The van der Waals surface area contributed by atoms with Gasteiger partial charge in [0, 0.05) is 12.1 Å². The molecule has 1 N–H and O–H groups in total. The summed E-state index contributed by atoms with van der Waals surface area (Å²) in [6.45, 7) is 1.73. The van der Waals surface area contributed by atoms with Crippen molar-refractivity contribution in [3.63, 3.8) is 0 Å². The van der Waals surface area contributed by atoms with Crippen molar-refractivity contribution in [2.45, 2.75) is 39.0 Å². The third-order valence-corrected chi connectivity index (χ3v) is 5.10. The van der Waals surface area contributed by atoms with E-state index in [9.17, 15) is 9.59 Å². The summed E-state index contributed by atoms with van der Waals surface area (Å²) in [4.78, 5) is 23.7. The maximum atomic E-state index is 11.9. The number of hydrogen-bond acceptors (Lipinski definition) is 3. The predicted molar refractivity (Wildman–Crippen MR) is 84.3 cm³/mol. The van der Waals surface area contributed by atoms with Gasteiger partial charge in [-0.25, -0.2) is 0 Å². The molecule has 4 heteroatoms. The number of ether oxygens (including phenoxy) is 1. The van der Waals surface area contributed by atoms with E-state index in [4.69, 9.17) is 4.74 Å². The van der Waals surface area contributed by atoms with E-state index in [0.717, 1.165) is 23.6 Å². The molecule has 22 heavy (non-hydrogen) atoms. The molecule has 0 aliphatic heterocycles. The second-order valence-corrected chi connectivity index (χ2v) is 6.66. The number of anilines is 1. The standard InChI is InChI=1S/C18H23NO3/c1-12-4-2-3-5-16(12)19-17(20)11-22-18(21)10-15-9-13-6-7-14(15)8-13/h2-5,13-15H,6-11H2,1H3,(H,19,20)/t13-,14-,15+/m1/s1. The van der Waals surface area contributed by atoms with Gasteiger partial charge in [0.2, 0.25) is 0 Å². The molecule has 2 aliphatic rings. The van der Waals surface area contributed by atoms with Crippen LogP contribution in [0.3, 0.4) is 0 Å². The van der Waals surface area contributed by atoms with E-state index in [1.165, 1.54) is 19.3 Å². The second kappa shape index (κ2) is 6.51. The number of aryl methyl sites for hydroxylation is 1. The molecule has 0 unspecified atom stereocenters. The molecule has 2 bridgehead atoms. The van der Waals surface area contributed by atoms with Gasteiger partial charge in [-0.05, 0) is 55.6 Å². The molecule has 1 aromatic rings. The zero-order valence-corrected chi connectivity index (χ0v) is 13.0. The number of nitrogens with one attached hydrogen (secondary N) is 1. The van der Waals surface area contributed by atoms with Crippen LogP contribution in [0.4, 0.5) is 5.69 Å². The van der Waals surface area contributed by atoms with Gasteiger partial charge in [0.1, 0.15) is 0 Å². The first-order chi connectivity index (χ1) is 10.6. The summed E-state index contributed by atoms with van der Waals surface area (Å²) in [6.07, 6.45) is 5.51. The molecule has 3 rings (SSSR count). The van der Waals surface area contributed by atoms with Crippen LogP contribution in [0.25, 0.3) is 0 Å². The fourth-order valence-electron chi connectivity index (χ4n) is 3.94. The molecule has 0 saturated heterocycles. The Hall–Kier alpha value is -1.84. The van der Waals surface area contributed by atoms with Gasteiger partial charge in [0.05, 0.1) is 0 Å². The smallest absolute Gasteiger partial charge is 0.306 e. The lowest BCUT2D eigenvalue weighted by molar-refractivity contribution is -0.148. The normalized spacial score (nSPS) is 26.0. The molecule has 3 atom stereocenters. The lowest BCUT2D eigenvalue weighted by Gasteiger charge is -2.20. The third-order valence-electron chi connectivity index (χ3n) is 5.10. The highest BCUT2D eigenvalue weighted by Gasteiger charge is 2.40. The summed E-state index contributed by atoms with van der Waals surface area (Å²) in [5, 5.41) is 2.77. The Labute approximate surface area is 131 Å². The number of esters is 1. The van der Waals surface area contributed by atoms with Gasteiger partial charge in [-0.3, -0.25) is 9.59 Å². The molecular formula is C18H23NO3. The maximum absolute atomic E-state index is 11.9. The number of amides is 1. The number of carbonyl (C=O) groups is 2. The fourth-order valence-corrected chi connectivity index (χ4v) is 3.94. The van der Waals surface area contributed by atoms with E-state index in [2.05, 4.69) is 5.32 Å². The summed E-state index contributed by atoms with van der Waals surface area (Å²) in [5.74, 6) is 1.49. The van der Waals surface area contributed by atoms with E-state index >= 15 is 0 Å². The number of carbonyl (C=O) groups excluding carboxylic acids is 2. The van der Waals surface area contributed by atoms with Crippen LogP contribution in [-0.4, -0.2) is 18.5 Å². The Morgan fingerprint density at radius 2 is 2.05 bits per heavy atom. The minimum atomic E-state index is -0.282. The van der Waals surface area contributed by atoms with Gasteiger partial charge in [0.25, 0.3) is 5.91 Å². The first-order valence-electron chi connectivity index (χ1n) is 8.13. The van der Waals surface area contributed by atoms with Gasteiger partial charge in [0.15, 0.2) is 6.61 Å². The van der Waals surface area contributed by atoms with Crippen LogP contribution in [0.2, 0.25) is 0 Å². The van der Waals surface area contributed by atoms with Crippen LogP contribution in [0.15, 0.2) is 24.3 Å². The monoisotopic (exact) mass is 301 g/mol. The van der Waals surface area contributed by atoms with Crippen LogP contribution in [0, 0.1) is 24.7 Å². The van der Waals surface area contributed by atoms with Gasteiger partial charge >= 0.3 is 5.97 Å². The molecule has 0 radical (unpaired) electrons. The highest BCUT2D eigenvalue weighted by atomic mass is 16.5. The van der Waals surface area contributed by atoms with Crippen LogP contribution >= 0.6 is 0 Å². The van der Waals surface area contributed by atoms with Crippen molar-refractivity contribution in [3.8, 4) is 0 Å². The largest absolute Gasteiger partial charge is 0.456 e. The fraction of sp³-hybridized carbons (Fsp3) is 0.556. The van der Waals surface area contributed by atoms with E-state index < -0.39 is 0 Å². The van der Waals surface area contributed by atoms with E-state index in [-0.39, 0.29) is 18.5 Å². The van der Waals surface area contributed by atoms with Crippen LogP contribution in [0.5, 0.6) is 0 Å². The Morgan fingerprint density at radius 3 is 2.73 bits per heavy atom. The Kier molecular flexibility index (Phi) is 4.46. The molecule has 1 amide bonds. The van der Waals surface area contributed by atoms with Crippen molar-refractivity contribution < 1.29 is 14.3 Å². The molecular weight excluding hydrogens is 278 g/mol. The van der Waals surface area contributed by atoms with Gasteiger partial charge in [-0.2, -0.15) is 0 Å². The zero-order valence-electron chi connectivity index (χ0n) is 13.0. The minimum Gasteiger partial charge on any atom is -0.456 e. The Bertz CT molecular complexity index is 569. The maximum Gasteiger partial charge on any atom is 0.306 e. The highest BCUT2D eigenvalue weighted by Crippen LogP contribution is 2.49. The van der Waals surface area contributed by atoms with Crippen molar-refractivity contribution in [1.29, 1.82) is 0 Å². The average molecular weight is 301 g/mol. The van der Waals surface area contributed by atoms with Crippen molar-refractivity contribution in [1.82, 2.24) is 0 Å². The number of fused-ring (bicyclic) bond motifs is 2. The molecule has 4 nitrogen and oxygen atoms in total. The summed E-state index contributed by atoms with van der Waals surface area (Å²) in [6, 6.07) is 7.55. The molecule has 1 aromatic carbocycles. The third kappa shape index (κ3) is 3.49. The molecule has 2 fully saturated rings. The van der Waals surface area contributed by atoms with E-state index in [0.29, 0.717) is 18.3 Å². The number of para-hydroxylation sites is 1. The van der Waals surface area contributed by atoms with Gasteiger partial charge in [-0.1, -0.05) is 24.6 Å². The number of rotatable bonds is 5. The second-order valence-electron chi connectivity index (χ2n) is 6.66. The molecule has 0 heterocycles. The summed E-state index contributed by atoms with van der Waals surface area (Å²) < 4.78 is 5.13. The van der Waals surface area contributed by atoms with Gasteiger partial charge < -0.3 is 10.1 Å². The molecule has 2 saturated carbocycles. The lowest BCUT2D eigenvalue weighted by atomic mass is 9.86. The van der Waals surface area contributed by atoms with E-state index in [1.807, 2.05) is 31.2 Å². The highest BCUT2D eigenvalue weighted by molar-refractivity contribution is 5.93. The van der Waals surface area contributed by atoms with Crippen molar-refractivity contribution in [2.24, 2.45) is 17.8 Å². The molecule has 0 spiro atoms. The van der Waals surface area contributed by atoms with Crippen molar-refractivity contribution in [3.05, 3.63) is 29.8 Å². The molecule has 118 valence electrons. The Balaban J connectivity index is 1.41. The number of benzene rings is 1. The molecule has 2 aliphatic carbocycles. The first kappa shape index (κ1) is 15.1. The number of hydrogen-bond donors (Lipinski definition) is 1. The Morgan fingerprint density at radius 1 is 1.23 bits per heavy atom. The quantitative estimate of drug-likeness (QED) is 0.849. The minimum absolute atomic E-state index is 0.200. The predicted octanol–water partition coefficient (Wildman–Crippen LogP) is 3.30. The van der Waals surface area contributed by atoms with Gasteiger partial charge in [-0.15, -0.1) is 0 Å². The first-order valence-corrected chi connectivity index (χ1v) is 8.13. The summed E-state index contributed by atoms with van der Waals surface area (Å²) in [5.41, 5.74) is 1.75. The van der Waals surface area contributed by atoms with Crippen LogP contribution < -0.4 is 5.32 Å². The van der Waals surface area contributed by atoms with Crippen molar-refractivity contribution >= 4 is 17.6 Å². The topological polar surface area (TPSA) is 55.4 Å². The lowest BCUT2D eigenvalue weighted by Crippen LogP contribution is -2.23. The van der Waals surface area contributed by atoms with Crippen LogP contribution in [0.1, 0.15) is 37.7 Å². The SMILES string of the molecule is Cc1ccccc1NC(=O)COC(=O)C[C@@H]1C[C@@H]2CC[C@@H]1C2. The average Bonchev–Trinajstić information content (AvgIpc) is 3.10. The van der Waals surface area contributed by atoms with Crippen LogP contribution in [-0.2, 0) is 14.3 Å². The zero-order chi connectivity index (χ0) is 15.5. The summed E-state index contributed by atoms with van der Waals surface area (Å²) in [7, 11) is 0. The summed E-state index contributed by atoms with van der Waals surface area (Å²) >= 11 is 0. The van der Waals surface area contributed by atoms with Crippen molar-refractivity contribution in [2.75, 3.05) is 11.9 Å². The van der Waals surface area contributed by atoms with E-state index in [1.54, 1.807) is 0 Å².